The van der Waals surface area contributed by atoms with Gasteiger partial charge in [-0.1, -0.05) is 97.4 Å². The monoisotopic (exact) mass is 406 g/mol. The highest BCUT2D eigenvalue weighted by molar-refractivity contribution is 6.74. The first-order valence-electron chi connectivity index (χ1n) is 11.5. The highest BCUT2D eigenvalue weighted by Gasteiger charge is 2.36. The summed E-state index contributed by atoms with van der Waals surface area (Å²) in [5, 5.41) is 0.259. The number of rotatable bonds is 14. The lowest BCUT2D eigenvalue weighted by Gasteiger charge is -2.36. The zero-order valence-corrected chi connectivity index (χ0v) is 20.8. The molecule has 0 spiro atoms. The minimum atomic E-state index is -1.66. The van der Waals surface area contributed by atoms with Gasteiger partial charge in [-0.05, 0) is 41.6 Å². The van der Waals surface area contributed by atoms with Gasteiger partial charge in [-0.3, -0.25) is 0 Å². The fourth-order valence-corrected chi connectivity index (χ4v) is 4.13. The van der Waals surface area contributed by atoms with Gasteiger partial charge in [0.15, 0.2) is 8.32 Å². The van der Waals surface area contributed by atoms with Crippen LogP contribution in [0.15, 0.2) is 24.3 Å². The summed E-state index contributed by atoms with van der Waals surface area (Å²) in [5.41, 5.74) is 2.71. The normalized spacial score (nSPS) is 13.7. The maximum atomic E-state index is 6.16. The summed E-state index contributed by atoms with van der Waals surface area (Å²) in [6, 6.07) is 9.02. The van der Waals surface area contributed by atoms with E-state index < -0.39 is 8.32 Å². The molecule has 0 aliphatic carbocycles. The van der Waals surface area contributed by atoms with Gasteiger partial charge in [-0.15, -0.1) is 0 Å². The van der Waals surface area contributed by atoms with Crippen LogP contribution >= 0.6 is 0 Å². The largest absolute Gasteiger partial charge is 0.414 e. The second-order valence-electron chi connectivity index (χ2n) is 9.86. The van der Waals surface area contributed by atoms with Crippen molar-refractivity contribution in [2.45, 2.75) is 110 Å². The van der Waals surface area contributed by atoms with E-state index in [4.69, 9.17) is 9.16 Å². The van der Waals surface area contributed by atoms with Gasteiger partial charge < -0.3 is 9.16 Å². The summed E-state index contributed by atoms with van der Waals surface area (Å²) in [7, 11) is -1.66. The molecule has 1 rings (SSSR count). The number of benzene rings is 1. The van der Waals surface area contributed by atoms with E-state index in [0.717, 1.165) is 0 Å². The minimum Gasteiger partial charge on any atom is -0.414 e. The minimum absolute atomic E-state index is 0.259. The van der Waals surface area contributed by atoms with Crippen molar-refractivity contribution in [2.75, 3.05) is 13.2 Å². The van der Waals surface area contributed by atoms with Crippen LogP contribution in [0.25, 0.3) is 0 Å². The molecule has 0 N–H and O–H groups in total. The van der Waals surface area contributed by atoms with E-state index in [1.54, 1.807) is 0 Å². The van der Waals surface area contributed by atoms with E-state index in [2.05, 4.69) is 72.0 Å². The van der Waals surface area contributed by atoms with Gasteiger partial charge in [0.2, 0.25) is 0 Å². The van der Waals surface area contributed by atoms with Crippen molar-refractivity contribution in [3.8, 4) is 0 Å². The molecule has 1 aromatic carbocycles. The van der Waals surface area contributed by atoms with Crippen LogP contribution in [0.4, 0.5) is 0 Å². The summed E-state index contributed by atoms with van der Waals surface area (Å²) < 4.78 is 12.0. The molecule has 0 saturated heterocycles. The summed E-state index contributed by atoms with van der Waals surface area (Å²) in [5.74, 6) is 0.652. The summed E-state index contributed by atoms with van der Waals surface area (Å²) >= 11 is 0. The maximum absolute atomic E-state index is 6.16. The van der Waals surface area contributed by atoms with E-state index >= 15 is 0 Å². The van der Waals surface area contributed by atoms with Crippen molar-refractivity contribution >= 4 is 8.32 Å². The number of hydrogen-bond donors (Lipinski definition) is 0. The van der Waals surface area contributed by atoms with Gasteiger partial charge in [0.25, 0.3) is 0 Å². The Hall–Kier alpha value is -0.643. The Kier molecular flexibility index (Phi) is 11.6. The van der Waals surface area contributed by atoms with Gasteiger partial charge in [0.05, 0.1) is 19.8 Å². The first kappa shape index (κ1) is 25.4. The number of hydrogen-bond acceptors (Lipinski definition) is 2. The Labute approximate surface area is 176 Å². The molecular formula is C25H46O2Si. The summed E-state index contributed by atoms with van der Waals surface area (Å²) in [6.45, 7) is 18.1. The zero-order valence-electron chi connectivity index (χ0n) is 19.8. The summed E-state index contributed by atoms with van der Waals surface area (Å²) in [4.78, 5) is 0. The third kappa shape index (κ3) is 9.71. The molecule has 0 aliphatic rings. The van der Waals surface area contributed by atoms with Gasteiger partial charge in [0.1, 0.15) is 0 Å². The van der Waals surface area contributed by atoms with Crippen LogP contribution in [-0.4, -0.2) is 21.5 Å². The molecule has 2 nitrogen and oxygen atoms in total. The standard InChI is InChI=1S/C25H46O2Si/c1-8-9-10-11-12-13-14-22(2)24-17-15-23(16-18-24)21-26-19-20-27-28(6,7)25(3,4)5/h15-18,22H,8-14,19-21H2,1-7H3. The number of ether oxygens (including phenoxy) is 1. The second-order valence-corrected chi connectivity index (χ2v) is 14.7. The van der Waals surface area contributed by atoms with Gasteiger partial charge in [-0.25, -0.2) is 0 Å². The predicted molar refractivity (Wildman–Crippen MR) is 126 cm³/mol. The molecule has 162 valence electrons. The lowest BCUT2D eigenvalue weighted by molar-refractivity contribution is 0.0845. The van der Waals surface area contributed by atoms with Crippen LogP contribution in [0.3, 0.4) is 0 Å². The molecule has 0 heterocycles. The average Bonchev–Trinajstić information content (AvgIpc) is 2.63. The van der Waals surface area contributed by atoms with Crippen molar-refractivity contribution in [2.24, 2.45) is 0 Å². The molecule has 1 atom stereocenters. The van der Waals surface area contributed by atoms with Crippen LogP contribution in [0.1, 0.15) is 96.6 Å². The molecule has 0 fully saturated rings. The molecule has 28 heavy (non-hydrogen) atoms. The molecule has 0 bridgehead atoms. The highest BCUT2D eigenvalue weighted by Crippen LogP contribution is 2.36. The van der Waals surface area contributed by atoms with Crippen LogP contribution < -0.4 is 0 Å². The van der Waals surface area contributed by atoms with E-state index in [1.807, 2.05) is 0 Å². The van der Waals surface area contributed by atoms with Crippen molar-refractivity contribution in [1.29, 1.82) is 0 Å². The van der Waals surface area contributed by atoms with Crippen LogP contribution in [0, 0.1) is 0 Å². The molecule has 0 aromatic heterocycles. The molecule has 1 unspecified atom stereocenters. The smallest absolute Gasteiger partial charge is 0.192 e. The SMILES string of the molecule is CCCCCCCCC(C)c1ccc(COCCO[Si](C)(C)C(C)(C)C)cc1. The zero-order chi connectivity index (χ0) is 21.0. The fourth-order valence-electron chi connectivity index (χ4n) is 3.10. The third-order valence-corrected chi connectivity index (χ3v) is 10.8. The topological polar surface area (TPSA) is 18.5 Å². The Morgan fingerprint density at radius 2 is 1.50 bits per heavy atom. The molecule has 0 amide bonds. The fraction of sp³-hybridized carbons (Fsp3) is 0.760. The molecule has 0 saturated carbocycles. The first-order chi connectivity index (χ1) is 13.2. The van der Waals surface area contributed by atoms with Crippen molar-refractivity contribution < 1.29 is 9.16 Å². The van der Waals surface area contributed by atoms with Crippen LogP contribution in [-0.2, 0) is 15.8 Å². The Morgan fingerprint density at radius 3 is 2.11 bits per heavy atom. The Balaban J connectivity index is 2.24. The molecular weight excluding hydrogens is 360 g/mol. The predicted octanol–water partition coefficient (Wildman–Crippen LogP) is 8.08. The molecule has 0 aliphatic heterocycles. The lowest BCUT2D eigenvalue weighted by atomic mass is 9.94. The van der Waals surface area contributed by atoms with Gasteiger partial charge in [-0.2, -0.15) is 0 Å². The second kappa shape index (κ2) is 12.8. The van der Waals surface area contributed by atoms with Crippen molar-refractivity contribution in [3.63, 3.8) is 0 Å². The third-order valence-electron chi connectivity index (χ3n) is 6.30. The first-order valence-corrected chi connectivity index (χ1v) is 14.4. The van der Waals surface area contributed by atoms with Crippen molar-refractivity contribution in [3.05, 3.63) is 35.4 Å². The summed E-state index contributed by atoms with van der Waals surface area (Å²) in [6.07, 6.45) is 9.55. The lowest BCUT2D eigenvalue weighted by Crippen LogP contribution is -2.41. The van der Waals surface area contributed by atoms with E-state index in [9.17, 15) is 0 Å². The Bertz CT molecular complexity index is 516. The van der Waals surface area contributed by atoms with E-state index in [1.165, 1.54) is 56.1 Å². The average molecular weight is 407 g/mol. The molecule has 1 aromatic rings. The molecule has 3 heteroatoms. The Morgan fingerprint density at radius 1 is 0.893 bits per heavy atom. The van der Waals surface area contributed by atoms with Gasteiger partial charge >= 0.3 is 0 Å². The highest BCUT2D eigenvalue weighted by atomic mass is 28.4. The quantitative estimate of drug-likeness (QED) is 0.229. The van der Waals surface area contributed by atoms with Crippen LogP contribution in [0.2, 0.25) is 18.1 Å². The number of unbranched alkanes of at least 4 members (excludes halogenated alkanes) is 5. The van der Waals surface area contributed by atoms with Gasteiger partial charge in [0, 0.05) is 0 Å². The van der Waals surface area contributed by atoms with E-state index in [-0.39, 0.29) is 5.04 Å². The van der Waals surface area contributed by atoms with Crippen LogP contribution in [0.5, 0.6) is 0 Å². The van der Waals surface area contributed by atoms with E-state index in [0.29, 0.717) is 25.7 Å². The van der Waals surface area contributed by atoms with Crippen molar-refractivity contribution in [1.82, 2.24) is 0 Å². The maximum Gasteiger partial charge on any atom is 0.192 e. The molecule has 0 radical (unpaired) electrons.